The van der Waals surface area contributed by atoms with Gasteiger partial charge in [0.1, 0.15) is 0 Å². The van der Waals surface area contributed by atoms with Gasteiger partial charge in [0.15, 0.2) is 11.6 Å². The Bertz CT molecular complexity index is 498. The molecule has 1 amide bonds. The van der Waals surface area contributed by atoms with Crippen molar-refractivity contribution in [3.8, 4) is 0 Å². The van der Waals surface area contributed by atoms with E-state index in [0.717, 1.165) is 12.1 Å². The molecule has 2 rings (SSSR count). The van der Waals surface area contributed by atoms with Crippen molar-refractivity contribution in [2.75, 3.05) is 13.1 Å². The second-order valence-corrected chi connectivity index (χ2v) is 4.26. The number of halogens is 2. The minimum atomic E-state index is -0.993. The summed E-state index contributed by atoms with van der Waals surface area (Å²) in [4.78, 5) is 23.6. The van der Waals surface area contributed by atoms with E-state index in [-0.39, 0.29) is 25.4 Å². The molecule has 1 aliphatic heterocycles. The minimum absolute atomic E-state index is 0.0520. The molecule has 6 heteroatoms. The summed E-state index contributed by atoms with van der Waals surface area (Å²) in [6.45, 7) is 0.357. The molecular formula is C12H11F2NO3. The molecule has 1 aromatic carbocycles. The van der Waals surface area contributed by atoms with Crippen LogP contribution in [0, 0.1) is 17.6 Å². The fourth-order valence-electron chi connectivity index (χ4n) is 1.77. The number of nitrogens with zero attached hydrogens (tertiary/aromatic N) is 1. The number of benzene rings is 1. The van der Waals surface area contributed by atoms with Gasteiger partial charge in [-0.2, -0.15) is 0 Å². The van der Waals surface area contributed by atoms with Gasteiger partial charge in [-0.15, -0.1) is 0 Å². The normalized spacial score (nSPS) is 15.3. The zero-order valence-electron chi connectivity index (χ0n) is 9.40. The van der Waals surface area contributed by atoms with Crippen molar-refractivity contribution >= 4 is 11.9 Å². The fraction of sp³-hybridized carbons (Fsp3) is 0.333. The lowest BCUT2D eigenvalue weighted by Gasteiger charge is -2.36. The number of rotatable bonds is 3. The predicted molar refractivity (Wildman–Crippen MR) is 57.8 cm³/mol. The quantitative estimate of drug-likeness (QED) is 0.878. The van der Waals surface area contributed by atoms with Crippen LogP contribution in [0.1, 0.15) is 5.56 Å². The molecule has 1 aromatic rings. The van der Waals surface area contributed by atoms with E-state index in [4.69, 9.17) is 5.11 Å². The number of amides is 1. The Morgan fingerprint density at radius 2 is 1.94 bits per heavy atom. The molecule has 1 aliphatic rings. The maximum absolute atomic E-state index is 12.9. The fourth-order valence-corrected chi connectivity index (χ4v) is 1.77. The van der Waals surface area contributed by atoms with Crippen LogP contribution in [0.3, 0.4) is 0 Å². The summed E-state index contributed by atoms with van der Waals surface area (Å²) < 4.78 is 25.6. The van der Waals surface area contributed by atoms with Gasteiger partial charge in [-0.25, -0.2) is 8.78 Å². The highest BCUT2D eigenvalue weighted by atomic mass is 19.2. The van der Waals surface area contributed by atoms with E-state index in [9.17, 15) is 18.4 Å². The first-order chi connectivity index (χ1) is 8.47. The van der Waals surface area contributed by atoms with Crippen LogP contribution >= 0.6 is 0 Å². The zero-order valence-corrected chi connectivity index (χ0v) is 9.40. The summed E-state index contributed by atoms with van der Waals surface area (Å²) in [7, 11) is 0. The Labute approximate surface area is 102 Å². The topological polar surface area (TPSA) is 57.6 Å². The molecule has 1 fully saturated rings. The van der Waals surface area contributed by atoms with Gasteiger partial charge >= 0.3 is 5.97 Å². The summed E-state index contributed by atoms with van der Waals surface area (Å²) in [5.74, 6) is -3.67. The van der Waals surface area contributed by atoms with Gasteiger partial charge < -0.3 is 10.0 Å². The standard InChI is InChI=1S/C12H11F2NO3/c13-9-2-1-7(3-10(9)14)4-11(16)15-5-8(6-15)12(17)18/h1-3,8H,4-6H2,(H,17,18). The average molecular weight is 255 g/mol. The van der Waals surface area contributed by atoms with E-state index in [2.05, 4.69) is 0 Å². The third-order valence-electron chi connectivity index (χ3n) is 2.92. The van der Waals surface area contributed by atoms with Crippen LogP contribution in [-0.2, 0) is 16.0 Å². The molecule has 0 radical (unpaired) electrons. The van der Waals surface area contributed by atoms with Crippen molar-refractivity contribution in [1.82, 2.24) is 4.90 Å². The highest BCUT2D eigenvalue weighted by molar-refractivity contribution is 5.82. The van der Waals surface area contributed by atoms with Crippen molar-refractivity contribution in [2.24, 2.45) is 5.92 Å². The van der Waals surface area contributed by atoms with Gasteiger partial charge in [0.25, 0.3) is 0 Å². The van der Waals surface area contributed by atoms with Crippen molar-refractivity contribution in [3.63, 3.8) is 0 Å². The monoisotopic (exact) mass is 255 g/mol. The Morgan fingerprint density at radius 3 is 2.50 bits per heavy atom. The average Bonchev–Trinajstić information content (AvgIpc) is 2.20. The highest BCUT2D eigenvalue weighted by Crippen LogP contribution is 2.18. The Balaban J connectivity index is 1.92. The van der Waals surface area contributed by atoms with Crippen LogP contribution in [0.2, 0.25) is 0 Å². The SMILES string of the molecule is O=C(O)C1CN(C(=O)Cc2ccc(F)c(F)c2)C1. The second kappa shape index (κ2) is 4.72. The predicted octanol–water partition coefficient (Wildman–Crippen LogP) is 1.05. The molecule has 1 saturated heterocycles. The number of carboxylic acids is 1. The molecule has 96 valence electrons. The molecule has 1 heterocycles. The first-order valence-corrected chi connectivity index (χ1v) is 5.42. The minimum Gasteiger partial charge on any atom is -0.481 e. The molecule has 0 aromatic heterocycles. The molecule has 18 heavy (non-hydrogen) atoms. The van der Waals surface area contributed by atoms with Crippen LogP contribution in [0.4, 0.5) is 8.78 Å². The van der Waals surface area contributed by atoms with Crippen molar-refractivity contribution in [2.45, 2.75) is 6.42 Å². The first kappa shape index (κ1) is 12.5. The van der Waals surface area contributed by atoms with E-state index >= 15 is 0 Å². The van der Waals surface area contributed by atoms with Crippen LogP contribution < -0.4 is 0 Å². The van der Waals surface area contributed by atoms with E-state index in [1.807, 2.05) is 0 Å². The summed E-state index contributed by atoms with van der Waals surface area (Å²) in [5, 5.41) is 8.66. The number of carbonyl (C=O) groups is 2. The number of hydrogen-bond acceptors (Lipinski definition) is 2. The van der Waals surface area contributed by atoms with E-state index in [1.54, 1.807) is 0 Å². The highest BCUT2D eigenvalue weighted by Gasteiger charge is 2.35. The Morgan fingerprint density at radius 1 is 1.28 bits per heavy atom. The van der Waals surface area contributed by atoms with Gasteiger partial charge in [0.05, 0.1) is 12.3 Å². The first-order valence-electron chi connectivity index (χ1n) is 5.42. The van der Waals surface area contributed by atoms with Gasteiger partial charge in [0, 0.05) is 13.1 Å². The van der Waals surface area contributed by atoms with E-state index in [1.165, 1.54) is 11.0 Å². The van der Waals surface area contributed by atoms with Gasteiger partial charge in [-0.1, -0.05) is 6.07 Å². The van der Waals surface area contributed by atoms with Crippen LogP contribution in [0.15, 0.2) is 18.2 Å². The van der Waals surface area contributed by atoms with E-state index in [0.29, 0.717) is 5.56 Å². The van der Waals surface area contributed by atoms with Crippen molar-refractivity contribution < 1.29 is 23.5 Å². The Kier molecular flexibility index (Phi) is 3.27. The zero-order chi connectivity index (χ0) is 13.3. The molecule has 0 spiro atoms. The lowest BCUT2D eigenvalue weighted by molar-refractivity contribution is -0.152. The molecule has 1 N–H and O–H groups in total. The smallest absolute Gasteiger partial charge is 0.310 e. The summed E-state index contributed by atoms with van der Waals surface area (Å²) >= 11 is 0. The molecule has 4 nitrogen and oxygen atoms in total. The van der Waals surface area contributed by atoms with Crippen molar-refractivity contribution in [1.29, 1.82) is 0 Å². The van der Waals surface area contributed by atoms with Crippen molar-refractivity contribution in [3.05, 3.63) is 35.4 Å². The molecule has 0 atom stereocenters. The van der Waals surface area contributed by atoms with Crippen LogP contribution in [-0.4, -0.2) is 35.0 Å². The maximum Gasteiger partial charge on any atom is 0.310 e. The molecular weight excluding hydrogens is 244 g/mol. The third kappa shape index (κ3) is 2.47. The molecule has 0 unspecified atom stereocenters. The van der Waals surface area contributed by atoms with Crippen LogP contribution in [0.5, 0.6) is 0 Å². The second-order valence-electron chi connectivity index (χ2n) is 4.26. The lowest BCUT2D eigenvalue weighted by atomic mass is 9.99. The number of hydrogen-bond donors (Lipinski definition) is 1. The van der Waals surface area contributed by atoms with Gasteiger partial charge in [-0.05, 0) is 17.7 Å². The lowest BCUT2D eigenvalue weighted by Crippen LogP contribution is -2.53. The molecule has 0 bridgehead atoms. The molecule has 0 saturated carbocycles. The number of carbonyl (C=O) groups excluding carboxylic acids is 1. The van der Waals surface area contributed by atoms with Crippen LogP contribution in [0.25, 0.3) is 0 Å². The largest absolute Gasteiger partial charge is 0.481 e. The van der Waals surface area contributed by atoms with Gasteiger partial charge in [0.2, 0.25) is 5.91 Å². The maximum atomic E-state index is 12.9. The van der Waals surface area contributed by atoms with Gasteiger partial charge in [-0.3, -0.25) is 9.59 Å². The Hall–Kier alpha value is -1.98. The third-order valence-corrected chi connectivity index (χ3v) is 2.92. The number of carboxylic acid groups (broad SMARTS) is 1. The number of likely N-dealkylation sites (tertiary alicyclic amines) is 1. The summed E-state index contributed by atoms with van der Waals surface area (Å²) in [6.07, 6.45) is -0.0520. The summed E-state index contributed by atoms with van der Waals surface area (Å²) in [5.41, 5.74) is 0.373. The van der Waals surface area contributed by atoms with E-state index < -0.39 is 23.5 Å². The molecule has 0 aliphatic carbocycles. The number of aliphatic carboxylic acids is 1. The summed E-state index contributed by atoms with van der Waals surface area (Å²) in [6, 6.07) is 3.28.